The van der Waals surface area contributed by atoms with Crippen molar-refractivity contribution in [3.05, 3.63) is 35.9 Å². The maximum Gasteiger partial charge on any atom is 0.181 e. The summed E-state index contributed by atoms with van der Waals surface area (Å²) in [5.74, 6) is 1.56. The predicted molar refractivity (Wildman–Crippen MR) is 66.1 cm³/mol. The standard InChI is InChI=1S/C13H15FN4/c1-8-5-11(15)13-16-12(17-18(13)7-8)9-3-2-4-10(14)6-9/h2-4,6,8,11H,5,7,15H2,1H3. The molecule has 2 heterocycles. The minimum Gasteiger partial charge on any atom is -0.321 e. The molecule has 1 aliphatic heterocycles. The zero-order valence-electron chi connectivity index (χ0n) is 10.2. The van der Waals surface area contributed by atoms with Crippen molar-refractivity contribution in [2.75, 3.05) is 0 Å². The largest absolute Gasteiger partial charge is 0.321 e. The third kappa shape index (κ3) is 1.90. The van der Waals surface area contributed by atoms with Gasteiger partial charge >= 0.3 is 0 Å². The Bertz CT molecular complexity index is 578. The van der Waals surface area contributed by atoms with E-state index in [1.807, 2.05) is 4.68 Å². The van der Waals surface area contributed by atoms with Gasteiger partial charge in [-0.3, -0.25) is 0 Å². The fraction of sp³-hybridized carbons (Fsp3) is 0.385. The van der Waals surface area contributed by atoms with Crippen LogP contribution < -0.4 is 5.73 Å². The van der Waals surface area contributed by atoms with E-state index in [1.165, 1.54) is 12.1 Å². The van der Waals surface area contributed by atoms with Gasteiger partial charge in [0.15, 0.2) is 5.82 Å². The normalized spacial score (nSPS) is 22.8. The molecule has 0 fully saturated rings. The van der Waals surface area contributed by atoms with Gasteiger partial charge in [-0.05, 0) is 24.5 Å². The van der Waals surface area contributed by atoms with E-state index in [2.05, 4.69) is 17.0 Å². The summed E-state index contributed by atoms with van der Waals surface area (Å²) < 4.78 is 15.0. The van der Waals surface area contributed by atoms with E-state index in [0.717, 1.165) is 18.8 Å². The van der Waals surface area contributed by atoms with Crippen LogP contribution in [0.1, 0.15) is 25.2 Å². The molecule has 2 N–H and O–H groups in total. The van der Waals surface area contributed by atoms with E-state index in [1.54, 1.807) is 12.1 Å². The van der Waals surface area contributed by atoms with Gasteiger partial charge in [0.1, 0.15) is 11.6 Å². The summed E-state index contributed by atoms with van der Waals surface area (Å²) >= 11 is 0. The molecule has 0 radical (unpaired) electrons. The van der Waals surface area contributed by atoms with Crippen LogP contribution in [0, 0.1) is 11.7 Å². The first-order chi connectivity index (χ1) is 8.63. The minimum absolute atomic E-state index is 0.0800. The van der Waals surface area contributed by atoms with Gasteiger partial charge in [-0.1, -0.05) is 19.1 Å². The Morgan fingerprint density at radius 3 is 3.06 bits per heavy atom. The highest BCUT2D eigenvalue weighted by atomic mass is 19.1. The molecule has 94 valence electrons. The van der Waals surface area contributed by atoms with Crippen LogP contribution >= 0.6 is 0 Å². The summed E-state index contributed by atoms with van der Waals surface area (Å²) in [5, 5.41) is 4.42. The number of nitrogens with zero attached hydrogens (tertiary/aromatic N) is 3. The molecule has 1 aliphatic rings. The van der Waals surface area contributed by atoms with Crippen LogP contribution in [-0.2, 0) is 6.54 Å². The first-order valence-electron chi connectivity index (χ1n) is 6.10. The summed E-state index contributed by atoms with van der Waals surface area (Å²) in [7, 11) is 0. The number of fused-ring (bicyclic) bond motifs is 1. The van der Waals surface area contributed by atoms with E-state index in [-0.39, 0.29) is 11.9 Å². The number of halogens is 1. The average Bonchev–Trinajstić information content (AvgIpc) is 2.73. The van der Waals surface area contributed by atoms with Crippen LogP contribution in [0.4, 0.5) is 4.39 Å². The van der Waals surface area contributed by atoms with Gasteiger partial charge in [-0.15, -0.1) is 0 Å². The second-order valence-corrected chi connectivity index (χ2v) is 4.93. The molecule has 3 rings (SSSR count). The molecule has 18 heavy (non-hydrogen) atoms. The molecule has 0 spiro atoms. The van der Waals surface area contributed by atoms with Crippen molar-refractivity contribution in [2.45, 2.75) is 25.9 Å². The summed E-state index contributed by atoms with van der Waals surface area (Å²) in [6.45, 7) is 2.97. The molecule has 1 aromatic carbocycles. The Hall–Kier alpha value is -1.75. The Morgan fingerprint density at radius 1 is 1.44 bits per heavy atom. The van der Waals surface area contributed by atoms with Crippen molar-refractivity contribution < 1.29 is 4.39 Å². The molecule has 4 nitrogen and oxygen atoms in total. The van der Waals surface area contributed by atoms with Crippen molar-refractivity contribution >= 4 is 0 Å². The van der Waals surface area contributed by atoms with Gasteiger partial charge < -0.3 is 5.73 Å². The summed E-state index contributed by atoms with van der Waals surface area (Å²) in [6, 6.07) is 6.24. The molecule has 0 saturated heterocycles. The van der Waals surface area contributed by atoms with E-state index in [9.17, 15) is 4.39 Å². The van der Waals surface area contributed by atoms with Crippen LogP contribution in [0.25, 0.3) is 11.4 Å². The van der Waals surface area contributed by atoms with Crippen LogP contribution in [0.5, 0.6) is 0 Å². The summed E-state index contributed by atoms with van der Waals surface area (Å²) in [4.78, 5) is 4.44. The van der Waals surface area contributed by atoms with E-state index < -0.39 is 0 Å². The lowest BCUT2D eigenvalue weighted by Gasteiger charge is -2.23. The first kappa shape index (κ1) is 11.3. The lowest BCUT2D eigenvalue weighted by atomic mass is 9.98. The maximum absolute atomic E-state index is 13.2. The zero-order chi connectivity index (χ0) is 12.7. The van der Waals surface area contributed by atoms with Gasteiger partial charge in [0.25, 0.3) is 0 Å². The van der Waals surface area contributed by atoms with Crippen LogP contribution in [-0.4, -0.2) is 14.8 Å². The molecule has 2 aromatic rings. The zero-order valence-corrected chi connectivity index (χ0v) is 10.2. The molecule has 2 atom stereocenters. The minimum atomic E-state index is -0.280. The molecular formula is C13H15FN4. The van der Waals surface area contributed by atoms with Gasteiger partial charge in [0.05, 0.1) is 6.04 Å². The number of aromatic nitrogens is 3. The third-order valence-electron chi connectivity index (χ3n) is 3.26. The van der Waals surface area contributed by atoms with E-state index >= 15 is 0 Å². The SMILES string of the molecule is CC1CC(N)c2nc(-c3cccc(F)c3)nn2C1. The molecule has 2 unspecified atom stereocenters. The van der Waals surface area contributed by atoms with Crippen molar-refractivity contribution in [1.29, 1.82) is 0 Å². The highest BCUT2D eigenvalue weighted by molar-refractivity contribution is 5.54. The number of benzene rings is 1. The Labute approximate surface area is 105 Å². The topological polar surface area (TPSA) is 56.7 Å². The molecule has 1 aromatic heterocycles. The highest BCUT2D eigenvalue weighted by Gasteiger charge is 2.25. The molecule has 5 heteroatoms. The molecule has 0 amide bonds. The lowest BCUT2D eigenvalue weighted by Crippen LogP contribution is -2.27. The summed E-state index contributed by atoms with van der Waals surface area (Å²) in [6.07, 6.45) is 0.918. The average molecular weight is 246 g/mol. The van der Waals surface area contributed by atoms with Crippen molar-refractivity contribution in [2.24, 2.45) is 11.7 Å². The van der Waals surface area contributed by atoms with Crippen LogP contribution in [0.3, 0.4) is 0 Å². The first-order valence-corrected chi connectivity index (χ1v) is 6.10. The maximum atomic E-state index is 13.2. The van der Waals surface area contributed by atoms with Gasteiger partial charge in [0.2, 0.25) is 0 Å². The smallest absolute Gasteiger partial charge is 0.181 e. The van der Waals surface area contributed by atoms with Crippen molar-refractivity contribution in [3.63, 3.8) is 0 Å². The molecule has 0 bridgehead atoms. The highest BCUT2D eigenvalue weighted by Crippen LogP contribution is 2.27. The van der Waals surface area contributed by atoms with Gasteiger partial charge in [-0.25, -0.2) is 14.1 Å². The third-order valence-corrected chi connectivity index (χ3v) is 3.26. The second-order valence-electron chi connectivity index (χ2n) is 4.93. The Kier molecular flexibility index (Phi) is 2.63. The van der Waals surface area contributed by atoms with Crippen LogP contribution in [0.15, 0.2) is 24.3 Å². The fourth-order valence-electron chi connectivity index (χ4n) is 2.42. The second kappa shape index (κ2) is 4.17. The summed E-state index contributed by atoms with van der Waals surface area (Å²) in [5.41, 5.74) is 6.75. The Balaban J connectivity index is 2.03. The Morgan fingerprint density at radius 2 is 2.28 bits per heavy atom. The molecular weight excluding hydrogens is 231 g/mol. The monoisotopic (exact) mass is 246 g/mol. The van der Waals surface area contributed by atoms with E-state index in [4.69, 9.17) is 5.73 Å². The van der Waals surface area contributed by atoms with Gasteiger partial charge in [-0.2, -0.15) is 5.10 Å². The van der Waals surface area contributed by atoms with Crippen molar-refractivity contribution in [1.82, 2.24) is 14.8 Å². The van der Waals surface area contributed by atoms with E-state index in [0.29, 0.717) is 17.3 Å². The number of nitrogens with two attached hydrogens (primary N) is 1. The molecule has 0 saturated carbocycles. The number of hydrogen-bond donors (Lipinski definition) is 1. The molecule has 0 aliphatic carbocycles. The number of rotatable bonds is 1. The van der Waals surface area contributed by atoms with Crippen LogP contribution in [0.2, 0.25) is 0 Å². The quantitative estimate of drug-likeness (QED) is 0.838. The number of hydrogen-bond acceptors (Lipinski definition) is 3. The fourth-order valence-corrected chi connectivity index (χ4v) is 2.42. The lowest BCUT2D eigenvalue weighted by molar-refractivity contribution is 0.325. The predicted octanol–water partition coefficient (Wildman–Crippen LogP) is 2.12. The van der Waals surface area contributed by atoms with Crippen molar-refractivity contribution in [3.8, 4) is 11.4 Å². The van der Waals surface area contributed by atoms with Gasteiger partial charge in [0, 0.05) is 12.1 Å².